The molecule has 0 aromatic heterocycles. The van der Waals surface area contributed by atoms with E-state index in [-0.39, 0.29) is 17.1 Å². The van der Waals surface area contributed by atoms with Gasteiger partial charge < -0.3 is 20.8 Å². The Morgan fingerprint density at radius 3 is 2.50 bits per heavy atom. The van der Waals surface area contributed by atoms with Crippen molar-refractivity contribution in [2.45, 2.75) is 12.8 Å². The van der Waals surface area contributed by atoms with E-state index in [1.54, 1.807) is 0 Å². The number of amides is 1. The fourth-order valence-electron chi connectivity index (χ4n) is 2.17. The molecule has 1 saturated heterocycles. The molecule has 1 amide bonds. The number of carbonyl (C=O) groups excluding carboxylic acids is 1. The molecule has 0 radical (unpaired) electrons. The molecule has 1 aromatic carbocycles. The van der Waals surface area contributed by atoms with E-state index in [1.807, 2.05) is 0 Å². The van der Waals surface area contributed by atoms with E-state index in [1.165, 1.54) is 18.2 Å². The Hall–Kier alpha value is -1.75. The monoisotopic (exact) mass is 250 g/mol. The van der Waals surface area contributed by atoms with E-state index in [4.69, 9.17) is 0 Å². The van der Waals surface area contributed by atoms with Crippen LogP contribution in [0, 0.1) is 5.92 Å². The molecular formula is C13H18N2O3. The van der Waals surface area contributed by atoms with Crippen molar-refractivity contribution in [3.05, 3.63) is 23.8 Å². The van der Waals surface area contributed by atoms with Gasteiger partial charge in [-0.15, -0.1) is 0 Å². The molecular weight excluding hydrogens is 232 g/mol. The molecule has 0 aliphatic carbocycles. The number of hydrogen-bond donors (Lipinski definition) is 4. The molecule has 1 heterocycles. The first-order valence-electron chi connectivity index (χ1n) is 6.18. The average Bonchev–Trinajstić information content (AvgIpc) is 2.37. The second-order valence-electron chi connectivity index (χ2n) is 4.57. The Bertz CT molecular complexity index is 408. The summed E-state index contributed by atoms with van der Waals surface area (Å²) in [5.41, 5.74) is -0.0496. The third kappa shape index (κ3) is 2.92. The zero-order valence-electron chi connectivity index (χ0n) is 10.1. The van der Waals surface area contributed by atoms with Crippen molar-refractivity contribution in [3.8, 4) is 11.5 Å². The largest absolute Gasteiger partial charge is 0.507 e. The van der Waals surface area contributed by atoms with Gasteiger partial charge >= 0.3 is 0 Å². The molecule has 0 atom stereocenters. The molecule has 0 spiro atoms. The standard InChI is InChI=1S/C13H18N2O3/c16-10-2-1-3-11(17)12(10)13(18)15-8-9-4-6-14-7-5-9/h1-3,9,14,16-17H,4-8H2,(H,15,18). The van der Waals surface area contributed by atoms with Gasteiger partial charge in [-0.2, -0.15) is 0 Å². The summed E-state index contributed by atoms with van der Waals surface area (Å²) >= 11 is 0. The van der Waals surface area contributed by atoms with Crippen LogP contribution in [0.2, 0.25) is 0 Å². The van der Waals surface area contributed by atoms with Crippen molar-refractivity contribution in [1.29, 1.82) is 0 Å². The topological polar surface area (TPSA) is 81.6 Å². The lowest BCUT2D eigenvalue weighted by Crippen LogP contribution is -2.36. The maximum Gasteiger partial charge on any atom is 0.258 e. The SMILES string of the molecule is O=C(NCC1CCNCC1)c1c(O)cccc1O. The maximum absolute atomic E-state index is 11.9. The molecule has 18 heavy (non-hydrogen) atoms. The predicted octanol–water partition coefficient (Wildman–Crippen LogP) is 0.827. The molecule has 2 rings (SSSR count). The second-order valence-corrected chi connectivity index (χ2v) is 4.57. The lowest BCUT2D eigenvalue weighted by atomic mass is 9.98. The van der Waals surface area contributed by atoms with Gasteiger partial charge in [0.2, 0.25) is 0 Å². The number of carbonyl (C=O) groups is 1. The normalized spacial score (nSPS) is 16.4. The van der Waals surface area contributed by atoms with E-state index in [0.29, 0.717) is 12.5 Å². The van der Waals surface area contributed by atoms with Crippen LogP contribution in [0.5, 0.6) is 11.5 Å². The van der Waals surface area contributed by atoms with Gasteiger partial charge in [-0.3, -0.25) is 4.79 Å². The van der Waals surface area contributed by atoms with Crippen molar-refractivity contribution >= 4 is 5.91 Å². The summed E-state index contributed by atoms with van der Waals surface area (Å²) in [5, 5.41) is 25.2. The smallest absolute Gasteiger partial charge is 0.258 e. The third-order valence-electron chi connectivity index (χ3n) is 3.26. The minimum Gasteiger partial charge on any atom is -0.507 e. The molecule has 1 fully saturated rings. The molecule has 1 aromatic rings. The number of nitrogens with one attached hydrogen (secondary N) is 2. The van der Waals surface area contributed by atoms with E-state index in [0.717, 1.165) is 25.9 Å². The molecule has 4 N–H and O–H groups in total. The Morgan fingerprint density at radius 2 is 1.89 bits per heavy atom. The van der Waals surface area contributed by atoms with Crippen LogP contribution in [0.4, 0.5) is 0 Å². The van der Waals surface area contributed by atoms with Crippen molar-refractivity contribution < 1.29 is 15.0 Å². The highest BCUT2D eigenvalue weighted by atomic mass is 16.3. The van der Waals surface area contributed by atoms with E-state index in [9.17, 15) is 15.0 Å². The fourth-order valence-corrected chi connectivity index (χ4v) is 2.17. The van der Waals surface area contributed by atoms with Crippen LogP contribution in [0.25, 0.3) is 0 Å². The summed E-state index contributed by atoms with van der Waals surface area (Å²) in [7, 11) is 0. The summed E-state index contributed by atoms with van der Waals surface area (Å²) in [4.78, 5) is 11.9. The minimum absolute atomic E-state index is 0.0496. The number of rotatable bonds is 3. The Kier molecular flexibility index (Phi) is 4.04. The van der Waals surface area contributed by atoms with Crippen LogP contribution >= 0.6 is 0 Å². The zero-order chi connectivity index (χ0) is 13.0. The predicted molar refractivity (Wildman–Crippen MR) is 67.7 cm³/mol. The first-order chi connectivity index (χ1) is 8.68. The number of hydrogen-bond acceptors (Lipinski definition) is 4. The van der Waals surface area contributed by atoms with Gasteiger partial charge in [0.05, 0.1) is 0 Å². The van der Waals surface area contributed by atoms with Crippen LogP contribution in [0.1, 0.15) is 23.2 Å². The Labute approximate surface area is 106 Å². The van der Waals surface area contributed by atoms with Crippen molar-refractivity contribution in [2.24, 2.45) is 5.92 Å². The van der Waals surface area contributed by atoms with Crippen LogP contribution < -0.4 is 10.6 Å². The average molecular weight is 250 g/mol. The molecule has 0 bridgehead atoms. The van der Waals surface area contributed by atoms with Crippen LogP contribution in [0.3, 0.4) is 0 Å². The van der Waals surface area contributed by atoms with Crippen molar-refractivity contribution in [3.63, 3.8) is 0 Å². The highest BCUT2D eigenvalue weighted by Gasteiger charge is 2.18. The van der Waals surface area contributed by atoms with Gasteiger partial charge in [0.15, 0.2) is 0 Å². The van der Waals surface area contributed by atoms with Crippen molar-refractivity contribution in [2.75, 3.05) is 19.6 Å². The molecule has 1 aliphatic rings. The zero-order valence-corrected chi connectivity index (χ0v) is 10.1. The quantitative estimate of drug-likeness (QED) is 0.640. The van der Waals surface area contributed by atoms with Gasteiger partial charge in [-0.05, 0) is 44.0 Å². The van der Waals surface area contributed by atoms with Gasteiger partial charge in [0.25, 0.3) is 5.91 Å². The minimum atomic E-state index is -0.427. The van der Waals surface area contributed by atoms with Crippen LogP contribution in [-0.2, 0) is 0 Å². The lowest BCUT2D eigenvalue weighted by Gasteiger charge is -2.22. The van der Waals surface area contributed by atoms with Crippen LogP contribution in [0.15, 0.2) is 18.2 Å². The number of benzene rings is 1. The highest BCUT2D eigenvalue weighted by molar-refractivity contribution is 5.99. The van der Waals surface area contributed by atoms with Gasteiger partial charge in [-0.1, -0.05) is 6.07 Å². The molecule has 5 heteroatoms. The number of phenolic OH excluding ortho intramolecular Hbond substituents is 2. The van der Waals surface area contributed by atoms with E-state index in [2.05, 4.69) is 10.6 Å². The Balaban J connectivity index is 1.95. The van der Waals surface area contributed by atoms with Gasteiger partial charge in [0, 0.05) is 6.54 Å². The van der Waals surface area contributed by atoms with Crippen LogP contribution in [-0.4, -0.2) is 35.8 Å². The molecule has 98 valence electrons. The fraction of sp³-hybridized carbons (Fsp3) is 0.462. The summed E-state index contributed by atoms with van der Waals surface area (Å²) in [5.74, 6) is -0.358. The Morgan fingerprint density at radius 1 is 1.28 bits per heavy atom. The molecule has 0 saturated carbocycles. The first kappa shape index (κ1) is 12.7. The maximum atomic E-state index is 11.9. The summed E-state index contributed by atoms with van der Waals surface area (Å²) in [6, 6.07) is 4.27. The second kappa shape index (κ2) is 5.73. The van der Waals surface area contributed by atoms with E-state index < -0.39 is 5.91 Å². The summed E-state index contributed by atoms with van der Waals surface area (Å²) in [6.07, 6.45) is 2.07. The van der Waals surface area contributed by atoms with Crippen molar-refractivity contribution in [1.82, 2.24) is 10.6 Å². The van der Waals surface area contributed by atoms with E-state index >= 15 is 0 Å². The number of aromatic hydroxyl groups is 2. The lowest BCUT2D eigenvalue weighted by molar-refractivity contribution is 0.0938. The number of phenols is 2. The summed E-state index contributed by atoms with van der Waals surface area (Å²) in [6.45, 7) is 2.53. The van der Waals surface area contributed by atoms with Gasteiger partial charge in [-0.25, -0.2) is 0 Å². The molecule has 5 nitrogen and oxygen atoms in total. The summed E-state index contributed by atoms with van der Waals surface area (Å²) < 4.78 is 0. The first-order valence-corrected chi connectivity index (χ1v) is 6.18. The highest BCUT2D eigenvalue weighted by Crippen LogP contribution is 2.26. The number of piperidine rings is 1. The third-order valence-corrected chi connectivity index (χ3v) is 3.26. The van der Waals surface area contributed by atoms with Gasteiger partial charge in [0.1, 0.15) is 17.1 Å². The molecule has 1 aliphatic heterocycles. The molecule has 0 unspecified atom stereocenters.